The molecule has 0 radical (unpaired) electrons. The summed E-state index contributed by atoms with van der Waals surface area (Å²) in [6.07, 6.45) is -0.00446. The van der Waals surface area contributed by atoms with E-state index in [0.717, 1.165) is 0 Å². The molecule has 1 aliphatic rings. The molecule has 1 aliphatic heterocycles. The van der Waals surface area contributed by atoms with Crippen LogP contribution in [0, 0.1) is 0 Å². The van der Waals surface area contributed by atoms with Crippen LogP contribution in [0.3, 0.4) is 0 Å². The summed E-state index contributed by atoms with van der Waals surface area (Å²) in [5, 5.41) is 0.0813. The summed E-state index contributed by atoms with van der Waals surface area (Å²) in [6, 6.07) is 8.77. The van der Waals surface area contributed by atoms with Crippen molar-refractivity contribution in [3.05, 3.63) is 57.2 Å². The topological polar surface area (TPSA) is 64.4 Å². The lowest BCUT2D eigenvalue weighted by molar-refractivity contribution is 0.0154. The maximum atomic E-state index is 13.0. The second kappa shape index (κ2) is 6.76. The summed E-state index contributed by atoms with van der Waals surface area (Å²) in [5.41, 5.74) is 1.01. The summed E-state index contributed by atoms with van der Waals surface area (Å²) in [6.45, 7) is 7.69. The van der Waals surface area contributed by atoms with Gasteiger partial charge < -0.3 is 4.74 Å². The monoisotopic (exact) mass is 375 g/mol. The Morgan fingerprint density at radius 2 is 1.92 bits per heavy atom. The summed E-state index contributed by atoms with van der Waals surface area (Å²) in [4.78, 5) is 31.5. The molecule has 0 unspecified atom stereocenters. The van der Waals surface area contributed by atoms with Crippen LogP contribution >= 0.6 is 11.6 Å². The van der Waals surface area contributed by atoms with Crippen molar-refractivity contribution in [3.8, 4) is 5.69 Å². The highest BCUT2D eigenvalue weighted by Gasteiger charge is 2.34. The zero-order valence-corrected chi connectivity index (χ0v) is 16.1. The first kappa shape index (κ1) is 18.5. The number of carbonyl (C=O) groups is 1. The number of fused-ring (bicyclic) bond motifs is 1. The molecule has 1 atom stereocenters. The van der Waals surface area contributed by atoms with Gasteiger partial charge in [0.05, 0.1) is 17.4 Å². The van der Waals surface area contributed by atoms with Crippen molar-refractivity contribution in [2.75, 3.05) is 6.54 Å². The van der Waals surface area contributed by atoms with Crippen molar-refractivity contribution >= 4 is 17.7 Å². The molecule has 0 saturated carbocycles. The van der Waals surface area contributed by atoms with Crippen LogP contribution in [0.15, 0.2) is 35.1 Å². The second-order valence-electron chi connectivity index (χ2n) is 7.32. The maximum absolute atomic E-state index is 13.0. The predicted molar refractivity (Wildman–Crippen MR) is 99.9 cm³/mol. The van der Waals surface area contributed by atoms with Crippen molar-refractivity contribution in [2.24, 2.45) is 0 Å². The molecule has 0 N–H and O–H groups in total. The summed E-state index contributed by atoms with van der Waals surface area (Å²) < 4.78 is 6.86. The van der Waals surface area contributed by atoms with Gasteiger partial charge in [-0.05, 0) is 57.8 Å². The van der Waals surface area contributed by atoms with Gasteiger partial charge >= 0.3 is 6.09 Å². The van der Waals surface area contributed by atoms with Crippen LogP contribution in [-0.2, 0) is 11.2 Å². The van der Waals surface area contributed by atoms with Gasteiger partial charge in [-0.2, -0.15) is 0 Å². The fourth-order valence-corrected chi connectivity index (χ4v) is 3.34. The van der Waals surface area contributed by atoms with Crippen molar-refractivity contribution in [3.63, 3.8) is 0 Å². The summed E-state index contributed by atoms with van der Waals surface area (Å²) >= 11 is 6.32. The molecule has 0 aliphatic carbocycles. The molecule has 0 saturated heterocycles. The molecular weight excluding hydrogens is 354 g/mol. The Kier molecular flexibility index (Phi) is 4.80. The number of rotatable bonds is 1. The molecule has 1 amide bonds. The summed E-state index contributed by atoms with van der Waals surface area (Å²) in [5.74, 6) is 0. The van der Waals surface area contributed by atoms with Gasteiger partial charge in [0.15, 0.2) is 0 Å². The first-order chi connectivity index (χ1) is 12.2. The van der Waals surface area contributed by atoms with E-state index in [1.807, 2.05) is 45.9 Å². The second-order valence-corrected chi connectivity index (χ2v) is 7.66. The molecule has 3 rings (SSSR count). The zero-order valence-electron chi connectivity index (χ0n) is 15.3. The van der Waals surface area contributed by atoms with Gasteiger partial charge in [0, 0.05) is 12.1 Å². The Morgan fingerprint density at radius 1 is 1.27 bits per heavy atom. The quantitative estimate of drug-likeness (QED) is 0.712. The van der Waals surface area contributed by atoms with Crippen LogP contribution < -0.4 is 5.56 Å². The highest BCUT2D eigenvalue weighted by Crippen LogP contribution is 2.29. The fraction of sp³-hybridized carbons (Fsp3) is 0.421. The Balaban J connectivity index is 2.00. The Labute approximate surface area is 157 Å². The SMILES string of the molecule is C[C@H]1c2nc(Cl)n(-c3ccccc3)c(=O)c2CCN1C(=O)OC(C)(C)C. The molecule has 2 heterocycles. The van der Waals surface area contributed by atoms with E-state index in [1.54, 1.807) is 17.0 Å². The molecule has 2 aromatic rings. The molecular formula is C19H22ClN3O3. The minimum atomic E-state index is -0.584. The molecule has 1 aromatic heterocycles. The average Bonchev–Trinajstić information content (AvgIpc) is 2.55. The normalized spacial score (nSPS) is 17.0. The maximum Gasteiger partial charge on any atom is 0.410 e. The van der Waals surface area contributed by atoms with Gasteiger partial charge in [-0.25, -0.2) is 9.78 Å². The third-order valence-corrected chi connectivity index (χ3v) is 4.53. The van der Waals surface area contributed by atoms with Gasteiger partial charge in [0.1, 0.15) is 5.60 Å². The first-order valence-corrected chi connectivity index (χ1v) is 8.93. The fourth-order valence-electron chi connectivity index (χ4n) is 3.07. The van der Waals surface area contributed by atoms with Crippen LogP contribution in [0.4, 0.5) is 4.79 Å². The third kappa shape index (κ3) is 3.46. The van der Waals surface area contributed by atoms with E-state index in [9.17, 15) is 9.59 Å². The molecule has 138 valence electrons. The number of hydrogen-bond donors (Lipinski definition) is 0. The van der Waals surface area contributed by atoms with Gasteiger partial charge in [-0.15, -0.1) is 0 Å². The highest BCUT2D eigenvalue weighted by molar-refractivity contribution is 6.28. The first-order valence-electron chi connectivity index (χ1n) is 8.55. The van der Waals surface area contributed by atoms with Crippen LogP contribution in [0.1, 0.15) is 45.0 Å². The van der Waals surface area contributed by atoms with Crippen LogP contribution in [0.5, 0.6) is 0 Å². The van der Waals surface area contributed by atoms with Gasteiger partial charge in [0.25, 0.3) is 5.56 Å². The van der Waals surface area contributed by atoms with Crippen LogP contribution in [0.25, 0.3) is 5.69 Å². The number of hydrogen-bond acceptors (Lipinski definition) is 4. The van der Waals surface area contributed by atoms with Gasteiger partial charge in [0.2, 0.25) is 5.28 Å². The molecule has 0 spiro atoms. The number of halogens is 1. The molecule has 26 heavy (non-hydrogen) atoms. The standard InChI is InChI=1S/C19H22ClN3O3/c1-12-15-14(10-11-22(12)18(25)26-19(2,3)4)16(24)23(17(20)21-15)13-8-6-5-7-9-13/h5-9,12H,10-11H2,1-4H3/t12-/m0/s1. The Bertz CT molecular complexity index is 887. The smallest absolute Gasteiger partial charge is 0.410 e. The number of amides is 1. The largest absolute Gasteiger partial charge is 0.444 e. The summed E-state index contributed by atoms with van der Waals surface area (Å²) in [7, 11) is 0. The molecule has 7 heteroatoms. The molecule has 0 fully saturated rings. The number of nitrogens with zero attached hydrogens (tertiary/aromatic N) is 3. The average molecular weight is 376 g/mol. The van der Waals surface area contributed by atoms with Crippen molar-refractivity contribution in [1.82, 2.24) is 14.5 Å². The van der Waals surface area contributed by atoms with Gasteiger partial charge in [-0.1, -0.05) is 18.2 Å². The molecule has 1 aromatic carbocycles. The van der Waals surface area contributed by atoms with E-state index in [-0.39, 0.29) is 16.9 Å². The van der Waals surface area contributed by atoms with E-state index in [1.165, 1.54) is 4.57 Å². The Morgan fingerprint density at radius 3 is 2.54 bits per heavy atom. The number of ether oxygens (including phenoxy) is 1. The van der Waals surface area contributed by atoms with Crippen molar-refractivity contribution in [2.45, 2.75) is 45.8 Å². The lowest BCUT2D eigenvalue weighted by atomic mass is 10.0. The highest BCUT2D eigenvalue weighted by atomic mass is 35.5. The number of para-hydroxylation sites is 1. The predicted octanol–water partition coefficient (Wildman–Crippen LogP) is 3.74. The van der Waals surface area contributed by atoms with Crippen LogP contribution in [0.2, 0.25) is 5.28 Å². The van der Waals surface area contributed by atoms with Gasteiger partial charge in [-0.3, -0.25) is 14.3 Å². The van der Waals surface area contributed by atoms with Crippen LogP contribution in [-0.4, -0.2) is 32.7 Å². The van der Waals surface area contributed by atoms with Crippen molar-refractivity contribution in [1.29, 1.82) is 0 Å². The zero-order chi connectivity index (χ0) is 19.1. The molecule has 6 nitrogen and oxygen atoms in total. The molecule has 0 bridgehead atoms. The van der Waals surface area contributed by atoms with E-state index in [2.05, 4.69) is 4.98 Å². The van der Waals surface area contributed by atoms with E-state index >= 15 is 0 Å². The number of benzene rings is 1. The lowest BCUT2D eigenvalue weighted by Crippen LogP contribution is -2.44. The lowest BCUT2D eigenvalue weighted by Gasteiger charge is -2.35. The van der Waals surface area contributed by atoms with E-state index < -0.39 is 11.7 Å². The van der Waals surface area contributed by atoms with E-state index in [0.29, 0.717) is 29.9 Å². The Hall–Kier alpha value is -2.34. The number of carbonyl (C=O) groups excluding carboxylic acids is 1. The minimum absolute atomic E-state index is 0.0813. The van der Waals surface area contributed by atoms with E-state index in [4.69, 9.17) is 16.3 Å². The third-order valence-electron chi connectivity index (χ3n) is 4.28. The number of aromatic nitrogens is 2. The minimum Gasteiger partial charge on any atom is -0.444 e. The van der Waals surface area contributed by atoms with Crippen molar-refractivity contribution < 1.29 is 9.53 Å².